The van der Waals surface area contributed by atoms with E-state index >= 15 is 0 Å². The molecule has 0 amide bonds. The number of unbranched alkanes of at least 4 members (excludes halogenated alkanes) is 44. The molecule has 0 saturated carbocycles. The van der Waals surface area contributed by atoms with E-state index in [1.54, 1.807) is 0 Å². The number of aryl methyl sites for hydroxylation is 4. The molecule has 4 nitrogen and oxygen atoms in total. The van der Waals surface area contributed by atoms with Crippen molar-refractivity contribution in [3.63, 3.8) is 0 Å². The Morgan fingerprint density at radius 3 is 0.882 bits per heavy atom. The van der Waals surface area contributed by atoms with Gasteiger partial charge in [-0.3, -0.25) is 0 Å². The van der Waals surface area contributed by atoms with Gasteiger partial charge in [-0.05, 0) is 148 Å². The van der Waals surface area contributed by atoms with Crippen LogP contribution in [0.4, 0.5) is 0 Å². The Kier molecular flexibility index (Phi) is 82.0. The molecule has 0 radical (unpaired) electrons. The smallest absolute Gasteiger partial charge is 0.493 e. The number of rotatable bonds is 59. The Morgan fingerprint density at radius 2 is 0.521 bits per heavy atom. The van der Waals surface area contributed by atoms with Gasteiger partial charge < -0.3 is 38.8 Å². The minimum absolute atomic E-state index is 0. The molecule has 119 heavy (non-hydrogen) atoms. The van der Waals surface area contributed by atoms with Crippen LogP contribution in [0.5, 0.6) is 0 Å². The molecule has 0 bridgehead atoms. The predicted molar refractivity (Wildman–Crippen MR) is 524 cm³/mol. The minimum Gasteiger partial charge on any atom is -0.493 e. The van der Waals surface area contributed by atoms with E-state index in [9.17, 15) is 11.1 Å². The first-order chi connectivity index (χ1) is 57.4. The molecular weight excluding hydrogens is 1530 g/mol. The van der Waals surface area contributed by atoms with Crippen LogP contribution < -0.4 is 0 Å². The quantitative estimate of drug-likeness (QED) is 0.0139. The first-order valence-electron chi connectivity index (χ1n) is 49.9. The van der Waals surface area contributed by atoms with Crippen molar-refractivity contribution in [1.82, 2.24) is 0 Å². The first kappa shape index (κ1) is 116. The third-order valence-corrected chi connectivity index (χ3v) is 22.7. The van der Waals surface area contributed by atoms with Gasteiger partial charge in [-0.2, -0.15) is 25.7 Å². The molecule has 2 aliphatic rings. The van der Waals surface area contributed by atoms with Crippen molar-refractivity contribution >= 4 is 22.8 Å². The van der Waals surface area contributed by atoms with Crippen LogP contribution in [0.25, 0.3) is 33.9 Å². The molecule has 0 aromatic heterocycles. The summed E-state index contributed by atoms with van der Waals surface area (Å²) in [5.41, 5.74) is 41.1. The summed E-state index contributed by atoms with van der Waals surface area (Å²) in [6.45, 7) is 41.8. The summed E-state index contributed by atoms with van der Waals surface area (Å²) in [5, 5.41) is 0. The molecule has 6 heteroatoms. The molecule has 0 aliphatic carbocycles. The maximum atomic E-state index is 11.9. The van der Waals surface area contributed by atoms with E-state index in [2.05, 4.69) is 232 Å². The van der Waals surface area contributed by atoms with E-state index in [4.69, 9.17) is 0 Å². The molecule has 4 aromatic carbocycles. The zero-order chi connectivity index (χ0) is 85.7. The Hall–Kier alpha value is -4.85. The van der Waals surface area contributed by atoms with Crippen molar-refractivity contribution in [2.75, 3.05) is 0 Å². The Morgan fingerprint density at radius 1 is 0.252 bits per heavy atom. The average molecular weight is 1710 g/mol. The van der Waals surface area contributed by atoms with Gasteiger partial charge in [-0.25, -0.2) is 9.39 Å². The second kappa shape index (κ2) is 84.0. The van der Waals surface area contributed by atoms with Crippen LogP contribution in [0.3, 0.4) is 0 Å². The first-order valence-corrected chi connectivity index (χ1v) is 49.9. The Balaban J connectivity index is 0. The van der Waals surface area contributed by atoms with Crippen molar-refractivity contribution in [2.24, 2.45) is 0 Å². The fourth-order valence-corrected chi connectivity index (χ4v) is 15.3. The zero-order valence-electron chi connectivity index (χ0n) is 79.6. The minimum atomic E-state index is 0. The van der Waals surface area contributed by atoms with E-state index in [0.717, 1.165) is 152 Å². The molecule has 0 atom stereocenters. The summed E-state index contributed by atoms with van der Waals surface area (Å²) in [7, 11) is 0. The monoisotopic (exact) mass is 1710 g/mol. The number of allylic oxidation sites excluding steroid dienone is 4. The van der Waals surface area contributed by atoms with Crippen LogP contribution >= 0.6 is 0 Å². The summed E-state index contributed by atoms with van der Waals surface area (Å²) >= 11 is 0. The van der Waals surface area contributed by atoms with Gasteiger partial charge >= 0.3 is 33.0 Å². The molecule has 674 valence electrons. The standard InChI is InChI=1S/C46H68N2.C35H46N2.2C10H21.2C6H13.2Ni/c1-5-9-12-13-14-15-16-17-18-19-20-21-22-23-24-27-33-44-43(8-4)45(41-36-34-39(35-37-41)29-25-10-6-2)48(47)46(44)42-32-28-31-40(38-42)30-26-11-7-3;1-5-9-13-15-22-33-32(21-12-8-4)34(30-25-23-28(24-26-30)18-14-10-6-2)37(36)35(33)31-20-16-19-29(27-31)17-11-7-3;2*1-3-5-7-9-10-8-6-4-2;2*1-3-5-6-4-2;;/h28,31-32,34-38H,5-26,29-30H2,1-4H3;16,19-20,23-27H,5-11,13-15,17-18,22H2,1-4H3;2*1,3-10H2,2H3;2*1,3-6H2,2H3;;/q;;4*-1;2*+2. The predicted octanol–water partition coefficient (Wildman–Crippen LogP) is 37.6. The summed E-state index contributed by atoms with van der Waals surface area (Å²) in [5.74, 6) is 13.9. The fraction of sp³-hybridized carbons (Fsp3) is 0.646. The van der Waals surface area contributed by atoms with E-state index in [0.29, 0.717) is 0 Å². The van der Waals surface area contributed by atoms with Crippen molar-refractivity contribution < 1.29 is 42.4 Å². The van der Waals surface area contributed by atoms with Gasteiger partial charge in [0.05, 0.1) is 0 Å². The maximum Gasteiger partial charge on any atom is 2.00 e. The third kappa shape index (κ3) is 54.5. The second-order valence-electron chi connectivity index (χ2n) is 33.5. The number of hydrogen-bond acceptors (Lipinski definition) is 0. The zero-order valence-corrected chi connectivity index (χ0v) is 81.6. The molecule has 0 unspecified atom stereocenters. The molecule has 2 heterocycles. The molecule has 2 aliphatic heterocycles. The van der Waals surface area contributed by atoms with Crippen LogP contribution in [0.15, 0.2) is 119 Å². The summed E-state index contributed by atoms with van der Waals surface area (Å²) in [6, 6.07) is 35.2. The van der Waals surface area contributed by atoms with Crippen LogP contribution in [-0.4, -0.2) is 9.39 Å². The van der Waals surface area contributed by atoms with Gasteiger partial charge in [0.1, 0.15) is 11.1 Å². The summed E-state index contributed by atoms with van der Waals surface area (Å²) in [6.07, 6.45) is 77.2. The molecular formula is C113H182N4Ni2. The number of nitrogens with zero attached hydrogens (tertiary/aromatic N) is 4. The van der Waals surface area contributed by atoms with Crippen molar-refractivity contribution in [2.45, 2.75) is 475 Å². The van der Waals surface area contributed by atoms with Crippen LogP contribution in [0.2, 0.25) is 0 Å². The van der Waals surface area contributed by atoms with Gasteiger partial charge in [-0.1, -0.05) is 431 Å². The fourth-order valence-electron chi connectivity index (χ4n) is 15.3. The summed E-state index contributed by atoms with van der Waals surface area (Å²) in [4.78, 5) is 0. The maximum absolute atomic E-state index is 11.9. The van der Waals surface area contributed by atoms with Gasteiger partial charge in [-0.15, -0.1) is 0 Å². The van der Waals surface area contributed by atoms with Crippen LogP contribution in [-0.2, 0) is 58.7 Å². The SMILES string of the molecule is CCC#CC1=C(c2ccc(CCCCC)cc2)[N+](=[N-])C(c2cccc(CCCC)c2)=C1CCCCCC.CCCCCCCCCCCCCCCCC#CC1=C(c2cccc(CCCCC)c2)[N+](=[N-])C(c2ccc(CCCCC)cc2)=C1CC.[CH2-]CCCCC.[CH2-]CCCCC.[CH2-]CCCCCCCCC.[CH2-]CCCCCCCCC.[Ni+2].[Ni+2]. The Labute approximate surface area is 760 Å². The van der Waals surface area contributed by atoms with Crippen molar-refractivity contribution in [1.29, 1.82) is 0 Å². The van der Waals surface area contributed by atoms with Crippen molar-refractivity contribution in [3.8, 4) is 23.7 Å². The number of hydrogen-bond donors (Lipinski definition) is 0. The van der Waals surface area contributed by atoms with Gasteiger partial charge in [0, 0.05) is 46.2 Å². The summed E-state index contributed by atoms with van der Waals surface area (Å²) < 4.78 is 2.90. The van der Waals surface area contributed by atoms with E-state index < -0.39 is 0 Å². The average Bonchev–Trinajstić information content (AvgIpc) is 1.62. The molecule has 6 rings (SSSR count). The third-order valence-electron chi connectivity index (χ3n) is 22.7. The number of benzene rings is 4. The molecule has 0 saturated heterocycles. The largest absolute Gasteiger partial charge is 2.00 e. The topological polar surface area (TPSA) is 50.6 Å². The van der Waals surface area contributed by atoms with E-state index in [-0.39, 0.29) is 33.0 Å². The van der Waals surface area contributed by atoms with Gasteiger partial charge in [0.25, 0.3) is 0 Å². The molecule has 0 N–H and O–H groups in total. The molecule has 4 aromatic rings. The Bertz CT molecular complexity index is 3290. The van der Waals surface area contributed by atoms with E-state index in [1.807, 2.05) is 0 Å². The van der Waals surface area contributed by atoms with Crippen LogP contribution in [0, 0.1) is 51.4 Å². The van der Waals surface area contributed by atoms with Gasteiger partial charge in [0.15, 0.2) is 0 Å². The van der Waals surface area contributed by atoms with Crippen LogP contribution in [0.1, 0.15) is 494 Å². The van der Waals surface area contributed by atoms with Gasteiger partial charge in [0.2, 0.25) is 22.8 Å². The normalized spacial score (nSPS) is 12.0. The molecule has 0 fully saturated rings. The second-order valence-corrected chi connectivity index (χ2v) is 33.5. The van der Waals surface area contributed by atoms with Crippen molar-refractivity contribution in [3.05, 3.63) is 203 Å². The van der Waals surface area contributed by atoms with E-state index in [1.165, 1.54) is 339 Å². The molecule has 0 spiro atoms.